The molecule has 1 amide bonds. The van der Waals surface area contributed by atoms with Gasteiger partial charge in [-0.25, -0.2) is 0 Å². The van der Waals surface area contributed by atoms with Crippen LogP contribution in [0, 0.1) is 5.92 Å². The Labute approximate surface area is 101 Å². The van der Waals surface area contributed by atoms with Crippen LogP contribution in [0.5, 0.6) is 0 Å². The Hall–Kier alpha value is -1.30. The summed E-state index contributed by atoms with van der Waals surface area (Å²) in [6.45, 7) is 3.16. The summed E-state index contributed by atoms with van der Waals surface area (Å²) in [5.41, 5.74) is 0. The minimum absolute atomic E-state index is 0.143. The molecule has 88 valence electrons. The van der Waals surface area contributed by atoms with Crippen molar-refractivity contribution in [2.75, 3.05) is 0 Å². The molecule has 0 saturated carbocycles. The number of nitrogens with one attached hydrogen (secondary N) is 1. The van der Waals surface area contributed by atoms with Gasteiger partial charge in [0.05, 0.1) is 16.7 Å². The lowest BCUT2D eigenvalue weighted by Gasteiger charge is -2.16. The maximum Gasteiger partial charge on any atom is 0.308 e. The number of hydrogen-bond donors (Lipinski definition) is 2. The third-order valence-corrected chi connectivity index (χ3v) is 2.95. The molecule has 0 fully saturated rings. The summed E-state index contributed by atoms with van der Waals surface area (Å²) in [4.78, 5) is 22.3. The molecule has 0 spiro atoms. The van der Waals surface area contributed by atoms with E-state index in [4.69, 9.17) is 9.52 Å². The molecule has 2 N–H and O–H groups in total. The van der Waals surface area contributed by atoms with Crippen LogP contribution in [0.3, 0.4) is 0 Å². The molecule has 1 aromatic heterocycles. The van der Waals surface area contributed by atoms with Gasteiger partial charge in [-0.2, -0.15) is 0 Å². The Morgan fingerprint density at radius 1 is 1.50 bits per heavy atom. The number of carbonyl (C=O) groups is 2. The fraction of sp³-hybridized carbons (Fsp3) is 0.400. The summed E-state index contributed by atoms with van der Waals surface area (Å²) in [6, 6.07) is 1.13. The SMILES string of the molecule is CC(NC(=O)c1occc1Br)C(C)C(=O)O. The smallest absolute Gasteiger partial charge is 0.308 e. The lowest BCUT2D eigenvalue weighted by molar-refractivity contribution is -0.141. The van der Waals surface area contributed by atoms with Gasteiger partial charge in [-0.05, 0) is 35.8 Å². The fourth-order valence-electron chi connectivity index (χ4n) is 1.07. The standard InChI is InChI=1S/C10H12BrNO4/c1-5(10(14)15)6(2)12-9(13)8-7(11)3-4-16-8/h3-6H,1-2H3,(H,12,13)(H,14,15). The molecular weight excluding hydrogens is 278 g/mol. The number of halogens is 1. The van der Waals surface area contributed by atoms with E-state index in [1.807, 2.05) is 0 Å². The van der Waals surface area contributed by atoms with E-state index in [0.717, 1.165) is 0 Å². The lowest BCUT2D eigenvalue weighted by Crippen LogP contribution is -2.40. The van der Waals surface area contributed by atoms with E-state index >= 15 is 0 Å². The Morgan fingerprint density at radius 3 is 2.56 bits per heavy atom. The van der Waals surface area contributed by atoms with Crippen LogP contribution in [-0.2, 0) is 4.79 Å². The maximum atomic E-state index is 11.6. The molecule has 0 aliphatic rings. The van der Waals surface area contributed by atoms with Crippen LogP contribution in [0.1, 0.15) is 24.4 Å². The van der Waals surface area contributed by atoms with Crippen LogP contribution < -0.4 is 5.32 Å². The van der Waals surface area contributed by atoms with Crippen molar-refractivity contribution in [1.82, 2.24) is 5.32 Å². The molecule has 1 heterocycles. The Bertz CT molecular complexity index is 401. The van der Waals surface area contributed by atoms with E-state index in [1.54, 1.807) is 13.0 Å². The Morgan fingerprint density at radius 2 is 2.12 bits per heavy atom. The first-order valence-corrected chi connectivity index (χ1v) is 5.49. The first kappa shape index (κ1) is 12.8. The molecule has 0 bridgehead atoms. The lowest BCUT2D eigenvalue weighted by atomic mass is 10.0. The predicted octanol–water partition coefficient (Wildman–Crippen LogP) is 1.88. The van der Waals surface area contributed by atoms with Gasteiger partial charge < -0.3 is 14.8 Å². The van der Waals surface area contributed by atoms with Gasteiger partial charge in [0.25, 0.3) is 5.91 Å². The highest BCUT2D eigenvalue weighted by atomic mass is 79.9. The van der Waals surface area contributed by atoms with Gasteiger partial charge in [-0.1, -0.05) is 0 Å². The topological polar surface area (TPSA) is 79.5 Å². The highest BCUT2D eigenvalue weighted by molar-refractivity contribution is 9.10. The van der Waals surface area contributed by atoms with Crippen LogP contribution in [0.2, 0.25) is 0 Å². The number of carboxylic acid groups (broad SMARTS) is 1. The fourth-order valence-corrected chi connectivity index (χ4v) is 1.45. The van der Waals surface area contributed by atoms with Crippen molar-refractivity contribution in [1.29, 1.82) is 0 Å². The molecule has 0 radical (unpaired) electrons. The number of carboxylic acids is 1. The van der Waals surface area contributed by atoms with Crippen LogP contribution in [0.4, 0.5) is 0 Å². The molecule has 2 atom stereocenters. The average Bonchev–Trinajstić information content (AvgIpc) is 2.62. The molecule has 5 nitrogen and oxygen atoms in total. The van der Waals surface area contributed by atoms with Crippen LogP contribution in [-0.4, -0.2) is 23.0 Å². The van der Waals surface area contributed by atoms with Crippen molar-refractivity contribution in [3.8, 4) is 0 Å². The summed E-state index contributed by atoms with van der Waals surface area (Å²) in [6.07, 6.45) is 1.38. The third-order valence-electron chi connectivity index (χ3n) is 2.32. The zero-order chi connectivity index (χ0) is 12.3. The van der Waals surface area contributed by atoms with Crippen molar-refractivity contribution in [3.63, 3.8) is 0 Å². The zero-order valence-corrected chi connectivity index (χ0v) is 10.4. The summed E-state index contributed by atoms with van der Waals surface area (Å²) in [5.74, 6) is -1.90. The van der Waals surface area contributed by atoms with Gasteiger partial charge in [0.1, 0.15) is 0 Å². The molecule has 16 heavy (non-hydrogen) atoms. The Balaban J connectivity index is 2.65. The van der Waals surface area contributed by atoms with Crippen molar-refractivity contribution in [2.24, 2.45) is 5.92 Å². The highest BCUT2D eigenvalue weighted by Crippen LogP contribution is 2.17. The van der Waals surface area contributed by atoms with Crippen LogP contribution in [0.15, 0.2) is 21.2 Å². The minimum Gasteiger partial charge on any atom is -0.481 e. The maximum absolute atomic E-state index is 11.6. The number of furan rings is 1. The number of aliphatic carboxylic acids is 1. The summed E-state index contributed by atoms with van der Waals surface area (Å²) < 4.78 is 5.50. The van der Waals surface area contributed by atoms with Gasteiger partial charge in [0.2, 0.25) is 5.76 Å². The molecular formula is C10H12BrNO4. The minimum atomic E-state index is -0.952. The van der Waals surface area contributed by atoms with Gasteiger partial charge >= 0.3 is 5.97 Å². The van der Waals surface area contributed by atoms with E-state index in [9.17, 15) is 9.59 Å². The molecule has 0 aliphatic heterocycles. The molecule has 1 aromatic rings. The van der Waals surface area contributed by atoms with E-state index in [-0.39, 0.29) is 5.76 Å². The normalized spacial score (nSPS) is 14.2. The second-order valence-electron chi connectivity index (χ2n) is 3.49. The van der Waals surface area contributed by atoms with Crippen molar-refractivity contribution >= 4 is 27.8 Å². The van der Waals surface area contributed by atoms with Gasteiger partial charge in [0, 0.05) is 6.04 Å². The highest BCUT2D eigenvalue weighted by Gasteiger charge is 2.23. The molecule has 0 aromatic carbocycles. The predicted molar refractivity (Wildman–Crippen MR) is 60.1 cm³/mol. The Kier molecular flexibility index (Phi) is 4.12. The number of rotatable bonds is 4. The second-order valence-corrected chi connectivity index (χ2v) is 4.34. The number of amides is 1. The van der Waals surface area contributed by atoms with Gasteiger partial charge in [-0.15, -0.1) is 0 Å². The average molecular weight is 290 g/mol. The first-order valence-electron chi connectivity index (χ1n) is 4.70. The van der Waals surface area contributed by atoms with Crippen LogP contribution in [0.25, 0.3) is 0 Å². The largest absolute Gasteiger partial charge is 0.481 e. The van der Waals surface area contributed by atoms with E-state index in [1.165, 1.54) is 13.2 Å². The number of hydrogen-bond acceptors (Lipinski definition) is 3. The molecule has 0 saturated heterocycles. The zero-order valence-electron chi connectivity index (χ0n) is 8.86. The second kappa shape index (κ2) is 5.16. The van der Waals surface area contributed by atoms with Crippen molar-refractivity contribution in [3.05, 3.63) is 22.6 Å². The molecule has 0 aliphatic carbocycles. The van der Waals surface area contributed by atoms with Crippen LogP contribution >= 0.6 is 15.9 Å². The molecule has 6 heteroatoms. The van der Waals surface area contributed by atoms with Crippen molar-refractivity contribution in [2.45, 2.75) is 19.9 Å². The third kappa shape index (κ3) is 2.85. The van der Waals surface area contributed by atoms with Crippen molar-refractivity contribution < 1.29 is 19.1 Å². The summed E-state index contributed by atoms with van der Waals surface area (Å²) >= 11 is 3.15. The van der Waals surface area contributed by atoms with E-state index in [2.05, 4.69) is 21.2 Å². The monoisotopic (exact) mass is 289 g/mol. The molecule has 2 unspecified atom stereocenters. The van der Waals surface area contributed by atoms with Gasteiger partial charge in [-0.3, -0.25) is 9.59 Å². The van der Waals surface area contributed by atoms with E-state index < -0.39 is 23.8 Å². The number of carbonyl (C=O) groups excluding carboxylic acids is 1. The molecule has 1 rings (SSSR count). The summed E-state index contributed by atoms with van der Waals surface area (Å²) in [7, 11) is 0. The van der Waals surface area contributed by atoms with Gasteiger partial charge in [0.15, 0.2) is 0 Å². The summed E-state index contributed by atoms with van der Waals surface area (Å²) in [5, 5.41) is 11.3. The first-order chi connectivity index (χ1) is 7.43. The van der Waals surface area contributed by atoms with E-state index in [0.29, 0.717) is 4.47 Å². The quantitative estimate of drug-likeness (QED) is 0.887.